The van der Waals surface area contributed by atoms with Crippen molar-refractivity contribution in [3.05, 3.63) is 40.8 Å². The van der Waals surface area contributed by atoms with E-state index in [0.29, 0.717) is 17.0 Å². The lowest BCUT2D eigenvalue weighted by molar-refractivity contribution is -0.118. The lowest BCUT2D eigenvalue weighted by atomic mass is 9.75. The summed E-state index contributed by atoms with van der Waals surface area (Å²) in [7, 11) is 4.69. The predicted octanol–water partition coefficient (Wildman–Crippen LogP) is 3.20. The number of carbonyl (C=O) groups is 2. The van der Waals surface area contributed by atoms with Gasteiger partial charge in [-0.2, -0.15) is 5.10 Å². The number of ketones is 2. The molecular formula is C20H19ClN2O5. The van der Waals surface area contributed by atoms with Gasteiger partial charge >= 0.3 is 0 Å². The van der Waals surface area contributed by atoms with Crippen LogP contribution in [0.4, 0.5) is 0 Å². The molecule has 0 fully saturated rings. The summed E-state index contributed by atoms with van der Waals surface area (Å²) in [6.45, 7) is 1.79. The van der Waals surface area contributed by atoms with Crippen molar-refractivity contribution in [1.82, 2.24) is 9.78 Å². The first-order valence-corrected chi connectivity index (χ1v) is 9.14. The summed E-state index contributed by atoms with van der Waals surface area (Å²) >= 11 is 6.65. The molecule has 1 aliphatic heterocycles. The van der Waals surface area contributed by atoms with Crippen LogP contribution in [0.3, 0.4) is 0 Å². The minimum atomic E-state index is -1.44. The molecule has 2 heterocycles. The van der Waals surface area contributed by atoms with E-state index in [-0.39, 0.29) is 40.1 Å². The minimum absolute atomic E-state index is 0.116. The van der Waals surface area contributed by atoms with Crippen LogP contribution in [0, 0.1) is 5.92 Å². The van der Waals surface area contributed by atoms with E-state index in [1.807, 2.05) is 6.07 Å². The molecule has 1 aromatic heterocycles. The van der Waals surface area contributed by atoms with E-state index < -0.39 is 11.5 Å². The van der Waals surface area contributed by atoms with Crippen LogP contribution in [0.5, 0.6) is 11.5 Å². The number of Topliss-reactive ketones (excluding diaryl/α,β-unsaturated/α-hetero) is 1. The summed E-state index contributed by atoms with van der Waals surface area (Å²) in [5.74, 6) is -0.150. The summed E-state index contributed by atoms with van der Waals surface area (Å²) in [6.07, 6.45) is 3.28. The highest BCUT2D eigenvalue weighted by Crippen LogP contribution is 2.54. The van der Waals surface area contributed by atoms with E-state index in [0.717, 1.165) is 0 Å². The average Bonchev–Trinajstić information content (AvgIpc) is 3.22. The number of carbonyl (C=O) groups excluding carboxylic acids is 2. The van der Waals surface area contributed by atoms with Gasteiger partial charge in [0.2, 0.25) is 11.4 Å². The maximum Gasteiger partial charge on any atom is 0.231 e. The Kier molecular flexibility index (Phi) is 4.23. The number of aromatic nitrogens is 2. The van der Waals surface area contributed by atoms with Gasteiger partial charge in [-0.05, 0) is 12.1 Å². The highest BCUT2D eigenvalue weighted by Gasteiger charge is 2.59. The SMILES string of the molecule is COC1=CC(=O)C[C@@H](C)[C@]12Oc1c(Cl)c(-c3ccn(C)n3)cc(OC)c1C2=O. The third-order valence-corrected chi connectivity index (χ3v) is 5.68. The Bertz CT molecular complexity index is 1040. The molecule has 0 bridgehead atoms. The Morgan fingerprint density at radius 2 is 2.07 bits per heavy atom. The number of hydrogen-bond donors (Lipinski definition) is 0. The molecule has 0 amide bonds. The third kappa shape index (κ3) is 2.39. The number of methoxy groups -OCH3 is 2. The number of fused-ring (bicyclic) bond motifs is 1. The Labute approximate surface area is 166 Å². The highest BCUT2D eigenvalue weighted by atomic mass is 35.5. The Balaban J connectivity index is 1.95. The molecule has 0 radical (unpaired) electrons. The lowest BCUT2D eigenvalue weighted by Gasteiger charge is -2.36. The fourth-order valence-corrected chi connectivity index (χ4v) is 4.20. The molecule has 146 valence electrons. The summed E-state index contributed by atoms with van der Waals surface area (Å²) in [5.41, 5.74) is 0.0199. The van der Waals surface area contributed by atoms with Crippen LogP contribution in [-0.2, 0) is 16.6 Å². The molecule has 2 aromatic rings. The smallest absolute Gasteiger partial charge is 0.231 e. The van der Waals surface area contributed by atoms with Gasteiger partial charge in [-0.3, -0.25) is 14.3 Å². The number of rotatable bonds is 3. The first-order chi connectivity index (χ1) is 13.3. The second kappa shape index (κ2) is 6.38. The molecule has 1 aromatic carbocycles. The number of ether oxygens (including phenoxy) is 3. The van der Waals surface area contributed by atoms with Crippen LogP contribution < -0.4 is 9.47 Å². The number of aryl methyl sites for hydroxylation is 1. The quantitative estimate of drug-likeness (QED) is 0.784. The Morgan fingerprint density at radius 3 is 2.68 bits per heavy atom. The molecule has 2 atom stereocenters. The van der Waals surface area contributed by atoms with Crippen molar-refractivity contribution in [2.75, 3.05) is 14.2 Å². The van der Waals surface area contributed by atoms with E-state index in [9.17, 15) is 9.59 Å². The minimum Gasteiger partial charge on any atom is -0.496 e. The molecule has 0 saturated heterocycles. The second-order valence-electron chi connectivity index (χ2n) is 6.97. The summed E-state index contributed by atoms with van der Waals surface area (Å²) in [5, 5.41) is 4.64. The molecule has 28 heavy (non-hydrogen) atoms. The number of hydrogen-bond acceptors (Lipinski definition) is 6. The van der Waals surface area contributed by atoms with Crippen LogP contribution in [0.1, 0.15) is 23.7 Å². The van der Waals surface area contributed by atoms with Gasteiger partial charge in [-0.15, -0.1) is 0 Å². The molecule has 1 aliphatic carbocycles. The predicted molar refractivity (Wildman–Crippen MR) is 102 cm³/mol. The first kappa shape index (κ1) is 18.6. The molecule has 4 rings (SSSR count). The Hall–Kier alpha value is -2.80. The molecule has 2 aliphatic rings. The zero-order valence-corrected chi connectivity index (χ0v) is 16.7. The molecule has 0 unspecified atom stereocenters. The molecule has 7 nitrogen and oxygen atoms in total. The maximum atomic E-state index is 13.5. The summed E-state index contributed by atoms with van der Waals surface area (Å²) in [6, 6.07) is 3.49. The standard InChI is InChI=1S/C20H19ClN2O5/c1-10-7-11(24)8-15(27-4)20(10)19(25)16-14(26-3)9-12(17(21)18(16)28-20)13-5-6-23(2)22-13/h5-6,8-10H,7H2,1-4H3/t10-,20+/m1/s1. The Morgan fingerprint density at radius 1 is 1.32 bits per heavy atom. The van der Waals surface area contributed by atoms with E-state index >= 15 is 0 Å². The fraction of sp³-hybridized carbons (Fsp3) is 0.350. The van der Waals surface area contributed by atoms with Crippen molar-refractivity contribution < 1.29 is 23.8 Å². The fourth-order valence-electron chi connectivity index (χ4n) is 3.92. The van der Waals surface area contributed by atoms with Crippen LogP contribution >= 0.6 is 11.6 Å². The monoisotopic (exact) mass is 402 g/mol. The number of halogens is 1. The van der Waals surface area contributed by atoms with Gasteiger partial charge in [-0.1, -0.05) is 18.5 Å². The lowest BCUT2D eigenvalue weighted by Crippen LogP contribution is -2.51. The summed E-state index contributed by atoms with van der Waals surface area (Å²) in [4.78, 5) is 25.5. The van der Waals surface area contributed by atoms with Crippen LogP contribution in [0.15, 0.2) is 30.2 Å². The van der Waals surface area contributed by atoms with E-state index in [4.69, 9.17) is 25.8 Å². The first-order valence-electron chi connectivity index (χ1n) is 8.76. The van der Waals surface area contributed by atoms with Gasteiger partial charge < -0.3 is 14.2 Å². The molecule has 8 heteroatoms. The van der Waals surface area contributed by atoms with Gasteiger partial charge in [0, 0.05) is 37.2 Å². The molecular weight excluding hydrogens is 384 g/mol. The van der Waals surface area contributed by atoms with Crippen molar-refractivity contribution >= 4 is 23.2 Å². The zero-order valence-electron chi connectivity index (χ0n) is 15.9. The van der Waals surface area contributed by atoms with Crippen molar-refractivity contribution in [1.29, 1.82) is 0 Å². The molecule has 1 spiro atoms. The normalized spacial score (nSPS) is 23.5. The number of benzene rings is 1. The topological polar surface area (TPSA) is 79.7 Å². The summed E-state index contributed by atoms with van der Waals surface area (Å²) < 4.78 is 18.8. The average molecular weight is 403 g/mol. The van der Waals surface area contributed by atoms with Gasteiger partial charge in [0.25, 0.3) is 0 Å². The van der Waals surface area contributed by atoms with Crippen molar-refractivity contribution in [2.24, 2.45) is 13.0 Å². The number of allylic oxidation sites excluding steroid dienone is 1. The van der Waals surface area contributed by atoms with E-state index in [2.05, 4.69) is 5.10 Å². The number of nitrogens with zero attached hydrogens (tertiary/aromatic N) is 2. The second-order valence-corrected chi connectivity index (χ2v) is 7.35. The zero-order chi connectivity index (χ0) is 20.2. The van der Waals surface area contributed by atoms with Gasteiger partial charge in [0.15, 0.2) is 17.3 Å². The van der Waals surface area contributed by atoms with E-state index in [1.54, 1.807) is 30.9 Å². The van der Waals surface area contributed by atoms with Crippen molar-refractivity contribution in [3.63, 3.8) is 0 Å². The van der Waals surface area contributed by atoms with E-state index in [1.165, 1.54) is 20.3 Å². The molecule has 0 saturated carbocycles. The van der Waals surface area contributed by atoms with Crippen molar-refractivity contribution in [3.8, 4) is 22.8 Å². The maximum absolute atomic E-state index is 13.5. The highest BCUT2D eigenvalue weighted by molar-refractivity contribution is 6.36. The van der Waals surface area contributed by atoms with Gasteiger partial charge in [-0.25, -0.2) is 0 Å². The third-order valence-electron chi connectivity index (χ3n) is 5.30. The largest absolute Gasteiger partial charge is 0.496 e. The van der Waals surface area contributed by atoms with Gasteiger partial charge in [0.1, 0.15) is 11.3 Å². The van der Waals surface area contributed by atoms with Crippen LogP contribution in [-0.4, -0.2) is 41.2 Å². The van der Waals surface area contributed by atoms with Gasteiger partial charge in [0.05, 0.1) is 24.9 Å². The molecule has 0 N–H and O–H groups in total. The van der Waals surface area contributed by atoms with Crippen molar-refractivity contribution in [2.45, 2.75) is 18.9 Å². The van der Waals surface area contributed by atoms with Crippen LogP contribution in [0.2, 0.25) is 5.02 Å². The van der Waals surface area contributed by atoms with Crippen LogP contribution in [0.25, 0.3) is 11.3 Å².